The quantitative estimate of drug-likeness (QED) is 0.850. The van der Waals surface area contributed by atoms with E-state index in [0.29, 0.717) is 12.1 Å². The van der Waals surface area contributed by atoms with Gasteiger partial charge in [-0.15, -0.1) is 0 Å². The number of amides is 1. The summed E-state index contributed by atoms with van der Waals surface area (Å²) in [6, 6.07) is 14.9. The van der Waals surface area contributed by atoms with Crippen molar-refractivity contribution in [1.82, 2.24) is 4.90 Å². The maximum absolute atomic E-state index is 12.3. The Labute approximate surface area is 147 Å². The number of hydrogen-bond acceptors (Lipinski definition) is 4. The van der Waals surface area contributed by atoms with Crippen LogP contribution in [0.5, 0.6) is 0 Å². The topological polar surface area (TPSA) is 58.6 Å². The predicted octanol–water partition coefficient (Wildman–Crippen LogP) is 3.32. The van der Waals surface area contributed by atoms with Crippen LogP contribution in [0.2, 0.25) is 0 Å². The minimum Gasteiger partial charge on any atom is -0.465 e. The number of benzene rings is 2. The second kappa shape index (κ2) is 7.83. The average molecular weight is 338 g/mol. The fourth-order valence-corrected chi connectivity index (χ4v) is 2.96. The predicted molar refractivity (Wildman–Crippen MR) is 96.7 cm³/mol. The maximum Gasteiger partial charge on any atom is 0.337 e. The van der Waals surface area contributed by atoms with Gasteiger partial charge in [0.15, 0.2) is 0 Å². The molecule has 1 heterocycles. The number of carbonyl (C=O) groups excluding carboxylic acids is 2. The van der Waals surface area contributed by atoms with Gasteiger partial charge in [0.2, 0.25) is 0 Å². The van der Waals surface area contributed by atoms with Gasteiger partial charge in [0.25, 0.3) is 5.91 Å². The molecule has 2 aromatic rings. The molecule has 5 heteroatoms. The van der Waals surface area contributed by atoms with Crippen molar-refractivity contribution >= 4 is 17.6 Å². The normalized spacial score (nSPS) is 13.6. The van der Waals surface area contributed by atoms with E-state index in [4.69, 9.17) is 4.74 Å². The molecule has 0 atom stereocenters. The summed E-state index contributed by atoms with van der Waals surface area (Å²) in [5, 5.41) is 3.30. The molecule has 0 aromatic heterocycles. The summed E-state index contributed by atoms with van der Waals surface area (Å²) < 4.78 is 4.74. The van der Waals surface area contributed by atoms with E-state index in [1.165, 1.54) is 7.11 Å². The van der Waals surface area contributed by atoms with Gasteiger partial charge in [-0.1, -0.05) is 12.1 Å². The molecular formula is C20H22N2O3. The molecule has 1 aliphatic rings. The van der Waals surface area contributed by atoms with E-state index in [2.05, 4.69) is 5.32 Å². The Hall–Kier alpha value is -2.82. The van der Waals surface area contributed by atoms with Crippen molar-refractivity contribution in [3.05, 3.63) is 65.2 Å². The zero-order chi connectivity index (χ0) is 17.6. The number of ether oxygens (including phenoxy) is 1. The minimum atomic E-state index is -0.341. The van der Waals surface area contributed by atoms with Gasteiger partial charge in [-0.25, -0.2) is 4.79 Å². The number of anilines is 1. The monoisotopic (exact) mass is 338 g/mol. The van der Waals surface area contributed by atoms with Crippen LogP contribution in [-0.4, -0.2) is 37.0 Å². The number of nitrogens with zero attached hydrogens (tertiary/aromatic N) is 1. The number of carbonyl (C=O) groups is 2. The van der Waals surface area contributed by atoms with Crippen LogP contribution >= 0.6 is 0 Å². The van der Waals surface area contributed by atoms with E-state index in [-0.39, 0.29) is 11.9 Å². The number of likely N-dealkylation sites (tertiary alicyclic amines) is 1. The Morgan fingerprint density at radius 2 is 1.76 bits per heavy atom. The molecule has 1 amide bonds. The lowest BCUT2D eigenvalue weighted by molar-refractivity contribution is 0.0600. The molecule has 1 aliphatic heterocycles. The molecule has 0 radical (unpaired) electrons. The van der Waals surface area contributed by atoms with E-state index in [0.717, 1.165) is 42.7 Å². The lowest BCUT2D eigenvalue weighted by Crippen LogP contribution is -2.27. The number of hydrogen-bond donors (Lipinski definition) is 1. The van der Waals surface area contributed by atoms with Crippen LogP contribution in [0.4, 0.5) is 5.69 Å². The molecule has 5 nitrogen and oxygen atoms in total. The summed E-state index contributed by atoms with van der Waals surface area (Å²) in [4.78, 5) is 25.8. The summed E-state index contributed by atoms with van der Waals surface area (Å²) in [6.45, 7) is 2.30. The van der Waals surface area contributed by atoms with Crippen molar-refractivity contribution in [2.24, 2.45) is 0 Å². The van der Waals surface area contributed by atoms with Gasteiger partial charge < -0.3 is 15.0 Å². The summed E-state index contributed by atoms with van der Waals surface area (Å²) in [5.41, 5.74) is 3.18. The Kier molecular flexibility index (Phi) is 5.33. The van der Waals surface area contributed by atoms with Crippen LogP contribution in [0, 0.1) is 0 Å². The van der Waals surface area contributed by atoms with Crippen molar-refractivity contribution in [3.8, 4) is 0 Å². The van der Waals surface area contributed by atoms with Crippen LogP contribution in [0.1, 0.15) is 39.1 Å². The summed E-state index contributed by atoms with van der Waals surface area (Å²) >= 11 is 0. The minimum absolute atomic E-state index is 0.106. The van der Waals surface area contributed by atoms with Crippen LogP contribution in [0.3, 0.4) is 0 Å². The highest BCUT2D eigenvalue weighted by Crippen LogP contribution is 2.16. The van der Waals surface area contributed by atoms with Gasteiger partial charge >= 0.3 is 5.97 Å². The fourth-order valence-electron chi connectivity index (χ4n) is 2.96. The number of nitrogens with one attached hydrogen (secondary N) is 1. The van der Waals surface area contributed by atoms with Gasteiger partial charge in [0.1, 0.15) is 0 Å². The molecule has 0 aliphatic carbocycles. The first kappa shape index (κ1) is 17.0. The van der Waals surface area contributed by atoms with Crippen LogP contribution in [0.15, 0.2) is 48.5 Å². The maximum atomic E-state index is 12.3. The van der Waals surface area contributed by atoms with Crippen molar-refractivity contribution < 1.29 is 14.3 Å². The van der Waals surface area contributed by atoms with E-state index in [9.17, 15) is 9.59 Å². The molecule has 0 saturated carbocycles. The SMILES string of the molecule is COC(=O)c1cccc(CNc2ccc(C(=O)N3CCCC3)cc2)c1. The highest BCUT2D eigenvalue weighted by Gasteiger charge is 2.19. The lowest BCUT2D eigenvalue weighted by atomic mass is 10.1. The van der Waals surface area contributed by atoms with Crippen LogP contribution in [-0.2, 0) is 11.3 Å². The molecule has 2 aromatic carbocycles. The molecule has 1 saturated heterocycles. The third-order valence-corrected chi connectivity index (χ3v) is 4.37. The molecule has 0 spiro atoms. The highest BCUT2D eigenvalue weighted by atomic mass is 16.5. The van der Waals surface area contributed by atoms with E-state index in [1.807, 2.05) is 47.4 Å². The molecule has 3 rings (SSSR count). The summed E-state index contributed by atoms with van der Waals surface area (Å²) in [5.74, 6) is -0.235. The molecule has 0 unspecified atom stereocenters. The van der Waals surface area contributed by atoms with Crippen molar-refractivity contribution in [2.45, 2.75) is 19.4 Å². The molecule has 25 heavy (non-hydrogen) atoms. The summed E-state index contributed by atoms with van der Waals surface area (Å²) in [7, 11) is 1.37. The van der Waals surface area contributed by atoms with Crippen LogP contribution < -0.4 is 5.32 Å². The second-order valence-corrected chi connectivity index (χ2v) is 6.12. The van der Waals surface area contributed by atoms with E-state index in [1.54, 1.807) is 6.07 Å². The van der Waals surface area contributed by atoms with Gasteiger partial charge in [0, 0.05) is 30.9 Å². The Morgan fingerprint density at radius 1 is 1.04 bits per heavy atom. The molecule has 0 bridgehead atoms. The highest BCUT2D eigenvalue weighted by molar-refractivity contribution is 5.94. The fraction of sp³-hybridized carbons (Fsp3) is 0.300. The Balaban J connectivity index is 1.60. The lowest BCUT2D eigenvalue weighted by Gasteiger charge is -2.15. The molecule has 1 N–H and O–H groups in total. The smallest absolute Gasteiger partial charge is 0.337 e. The van der Waals surface area contributed by atoms with Crippen molar-refractivity contribution in [1.29, 1.82) is 0 Å². The Bertz CT molecular complexity index is 750. The number of rotatable bonds is 5. The van der Waals surface area contributed by atoms with Crippen molar-refractivity contribution in [3.63, 3.8) is 0 Å². The molecular weight excluding hydrogens is 316 g/mol. The van der Waals surface area contributed by atoms with E-state index < -0.39 is 0 Å². The van der Waals surface area contributed by atoms with Gasteiger partial charge in [-0.2, -0.15) is 0 Å². The number of methoxy groups -OCH3 is 1. The molecule has 130 valence electrons. The largest absolute Gasteiger partial charge is 0.465 e. The second-order valence-electron chi connectivity index (χ2n) is 6.12. The number of esters is 1. The molecule has 1 fully saturated rings. The third kappa shape index (κ3) is 4.18. The van der Waals surface area contributed by atoms with Crippen molar-refractivity contribution in [2.75, 3.05) is 25.5 Å². The third-order valence-electron chi connectivity index (χ3n) is 4.37. The average Bonchev–Trinajstić information content (AvgIpc) is 3.20. The van der Waals surface area contributed by atoms with Gasteiger partial charge in [-0.3, -0.25) is 4.79 Å². The van der Waals surface area contributed by atoms with Gasteiger partial charge in [-0.05, 0) is 54.8 Å². The zero-order valence-electron chi connectivity index (χ0n) is 14.3. The van der Waals surface area contributed by atoms with Crippen LogP contribution in [0.25, 0.3) is 0 Å². The Morgan fingerprint density at radius 3 is 2.44 bits per heavy atom. The first-order chi connectivity index (χ1) is 12.2. The van der Waals surface area contributed by atoms with E-state index >= 15 is 0 Å². The first-order valence-electron chi connectivity index (χ1n) is 8.48. The first-order valence-corrected chi connectivity index (χ1v) is 8.48. The zero-order valence-corrected chi connectivity index (χ0v) is 14.3. The standard InChI is InChI=1S/C20H22N2O3/c1-25-20(24)17-6-4-5-15(13-17)14-21-18-9-7-16(8-10-18)19(23)22-11-2-3-12-22/h4-10,13,21H,2-3,11-12,14H2,1H3. The summed E-state index contributed by atoms with van der Waals surface area (Å²) in [6.07, 6.45) is 2.19. The van der Waals surface area contributed by atoms with Gasteiger partial charge in [0.05, 0.1) is 12.7 Å².